The van der Waals surface area contributed by atoms with E-state index in [9.17, 15) is 18.0 Å². The second-order valence-electron chi connectivity index (χ2n) is 8.24. The standard InChI is InChI=1S/C26H30ClN3O4S/c1-4-24(26(32)28-5-2)30(17-19-10-13-22(27)14-11-19)25(31)18-29(3)35(33,34)23-15-12-20-8-6-7-9-21(20)16-23/h6-16,24H,4-5,17-18H2,1-3H3,(H,28,32)/t24-/m1/s1. The molecule has 3 rings (SSSR count). The minimum atomic E-state index is -3.93. The lowest BCUT2D eigenvalue weighted by Crippen LogP contribution is -2.51. The summed E-state index contributed by atoms with van der Waals surface area (Å²) in [6.07, 6.45) is 0.381. The molecule has 0 radical (unpaired) electrons. The van der Waals surface area contributed by atoms with Crippen molar-refractivity contribution < 1.29 is 18.0 Å². The average molecular weight is 516 g/mol. The topological polar surface area (TPSA) is 86.8 Å². The van der Waals surface area contributed by atoms with E-state index in [1.807, 2.05) is 31.2 Å². The number of carbonyl (C=O) groups excluding carboxylic acids is 2. The minimum Gasteiger partial charge on any atom is -0.355 e. The van der Waals surface area contributed by atoms with Gasteiger partial charge in [0.25, 0.3) is 0 Å². The van der Waals surface area contributed by atoms with Crippen molar-refractivity contribution in [1.82, 2.24) is 14.5 Å². The molecule has 186 valence electrons. The molecule has 0 saturated heterocycles. The Bertz CT molecular complexity index is 1300. The molecule has 0 heterocycles. The zero-order chi connectivity index (χ0) is 25.6. The fourth-order valence-electron chi connectivity index (χ4n) is 3.87. The number of halogens is 1. The molecule has 3 aromatic carbocycles. The molecular formula is C26H30ClN3O4S. The van der Waals surface area contributed by atoms with Gasteiger partial charge in [0.1, 0.15) is 6.04 Å². The monoisotopic (exact) mass is 515 g/mol. The van der Waals surface area contributed by atoms with Crippen LogP contribution < -0.4 is 5.32 Å². The van der Waals surface area contributed by atoms with Crippen LogP contribution >= 0.6 is 11.6 Å². The molecule has 0 bridgehead atoms. The number of nitrogens with one attached hydrogen (secondary N) is 1. The van der Waals surface area contributed by atoms with Gasteiger partial charge in [-0.3, -0.25) is 9.59 Å². The Morgan fingerprint density at radius 1 is 0.971 bits per heavy atom. The highest BCUT2D eigenvalue weighted by Gasteiger charge is 2.31. The summed E-state index contributed by atoms with van der Waals surface area (Å²) < 4.78 is 27.6. The summed E-state index contributed by atoms with van der Waals surface area (Å²) in [4.78, 5) is 27.7. The van der Waals surface area contributed by atoms with Crippen molar-refractivity contribution >= 4 is 44.2 Å². The van der Waals surface area contributed by atoms with Crippen LogP contribution in [0.2, 0.25) is 5.02 Å². The zero-order valence-corrected chi connectivity index (χ0v) is 21.6. The van der Waals surface area contributed by atoms with E-state index in [0.29, 0.717) is 18.0 Å². The smallest absolute Gasteiger partial charge is 0.243 e. The molecule has 2 amide bonds. The second-order valence-corrected chi connectivity index (χ2v) is 10.7. The summed E-state index contributed by atoms with van der Waals surface area (Å²) in [5.41, 5.74) is 0.783. The molecule has 1 atom stereocenters. The number of sulfonamides is 1. The van der Waals surface area contributed by atoms with E-state index in [0.717, 1.165) is 20.6 Å². The van der Waals surface area contributed by atoms with Crippen LogP contribution in [0.1, 0.15) is 25.8 Å². The summed E-state index contributed by atoms with van der Waals surface area (Å²) in [7, 11) is -2.56. The van der Waals surface area contributed by atoms with Crippen LogP contribution in [0, 0.1) is 0 Å². The van der Waals surface area contributed by atoms with E-state index in [-0.39, 0.29) is 17.3 Å². The van der Waals surface area contributed by atoms with Crippen molar-refractivity contribution in [1.29, 1.82) is 0 Å². The van der Waals surface area contributed by atoms with Crippen LogP contribution in [-0.4, -0.2) is 55.6 Å². The van der Waals surface area contributed by atoms with E-state index in [4.69, 9.17) is 11.6 Å². The highest BCUT2D eigenvalue weighted by atomic mass is 35.5. The summed E-state index contributed by atoms with van der Waals surface area (Å²) in [6, 6.07) is 18.6. The number of hydrogen-bond donors (Lipinski definition) is 1. The first-order valence-corrected chi connectivity index (χ1v) is 13.3. The van der Waals surface area contributed by atoms with Gasteiger partial charge in [0, 0.05) is 25.2 Å². The van der Waals surface area contributed by atoms with Crippen LogP contribution in [0.15, 0.2) is 71.6 Å². The lowest BCUT2D eigenvalue weighted by Gasteiger charge is -2.32. The molecule has 0 aromatic heterocycles. The van der Waals surface area contributed by atoms with Gasteiger partial charge in [0.15, 0.2) is 0 Å². The minimum absolute atomic E-state index is 0.103. The van der Waals surface area contributed by atoms with E-state index in [2.05, 4.69) is 5.32 Å². The van der Waals surface area contributed by atoms with Crippen molar-refractivity contribution in [2.24, 2.45) is 0 Å². The quantitative estimate of drug-likeness (QED) is 0.441. The lowest BCUT2D eigenvalue weighted by atomic mass is 10.1. The number of hydrogen-bond acceptors (Lipinski definition) is 4. The summed E-state index contributed by atoms with van der Waals surface area (Å²) in [6.45, 7) is 3.79. The molecule has 0 aliphatic carbocycles. The third-order valence-electron chi connectivity index (χ3n) is 5.79. The molecular weight excluding hydrogens is 486 g/mol. The highest BCUT2D eigenvalue weighted by molar-refractivity contribution is 7.89. The maximum atomic E-state index is 13.4. The summed E-state index contributed by atoms with van der Waals surface area (Å²) >= 11 is 5.99. The van der Waals surface area contributed by atoms with Gasteiger partial charge in [-0.15, -0.1) is 0 Å². The van der Waals surface area contributed by atoms with Crippen molar-refractivity contribution in [2.75, 3.05) is 20.1 Å². The Labute approximate surface area is 211 Å². The number of fused-ring (bicyclic) bond motifs is 1. The molecule has 0 spiro atoms. The van der Waals surface area contributed by atoms with Gasteiger partial charge in [-0.25, -0.2) is 8.42 Å². The maximum absolute atomic E-state index is 13.4. The first-order chi connectivity index (χ1) is 16.7. The van der Waals surface area contributed by atoms with Crippen molar-refractivity contribution in [3.05, 3.63) is 77.3 Å². The van der Waals surface area contributed by atoms with Gasteiger partial charge in [-0.05, 0) is 53.9 Å². The normalized spacial score (nSPS) is 12.5. The molecule has 7 nitrogen and oxygen atoms in total. The second kappa shape index (κ2) is 11.7. The van der Waals surface area contributed by atoms with Crippen LogP contribution in [0.3, 0.4) is 0 Å². The number of rotatable bonds is 10. The number of benzene rings is 3. The fraction of sp³-hybridized carbons (Fsp3) is 0.308. The zero-order valence-electron chi connectivity index (χ0n) is 20.1. The van der Waals surface area contributed by atoms with Gasteiger partial charge in [0.2, 0.25) is 21.8 Å². The third kappa shape index (κ3) is 6.39. The molecule has 35 heavy (non-hydrogen) atoms. The third-order valence-corrected chi connectivity index (χ3v) is 7.84. The maximum Gasteiger partial charge on any atom is 0.243 e. The highest BCUT2D eigenvalue weighted by Crippen LogP contribution is 2.22. The van der Waals surface area contributed by atoms with Gasteiger partial charge >= 0.3 is 0 Å². The molecule has 0 saturated carbocycles. The van der Waals surface area contributed by atoms with Crippen LogP contribution in [0.4, 0.5) is 0 Å². The summed E-state index contributed by atoms with van der Waals surface area (Å²) in [5.74, 6) is -0.748. The largest absolute Gasteiger partial charge is 0.355 e. The predicted octanol–water partition coefficient (Wildman–Crippen LogP) is 4.06. The molecule has 0 unspecified atom stereocenters. The van der Waals surface area contributed by atoms with Gasteiger partial charge < -0.3 is 10.2 Å². The first-order valence-electron chi connectivity index (χ1n) is 11.4. The SMILES string of the molecule is CCNC(=O)[C@@H](CC)N(Cc1ccc(Cl)cc1)C(=O)CN(C)S(=O)(=O)c1ccc2ccccc2c1. The molecule has 0 aliphatic heterocycles. The Hall–Kier alpha value is -2.94. The van der Waals surface area contributed by atoms with Gasteiger partial charge in [0.05, 0.1) is 11.4 Å². The van der Waals surface area contributed by atoms with Gasteiger partial charge in [-0.2, -0.15) is 4.31 Å². The molecule has 0 fully saturated rings. The van der Waals surface area contributed by atoms with Crippen molar-refractivity contribution in [3.8, 4) is 0 Å². The average Bonchev–Trinajstić information content (AvgIpc) is 2.84. The lowest BCUT2D eigenvalue weighted by molar-refractivity contribution is -0.141. The first kappa shape index (κ1) is 26.7. The number of carbonyl (C=O) groups is 2. The Kier molecular flexibility index (Phi) is 8.88. The molecule has 3 aromatic rings. The van der Waals surface area contributed by atoms with Crippen molar-refractivity contribution in [2.45, 2.75) is 37.8 Å². The number of nitrogens with zero attached hydrogens (tertiary/aromatic N) is 2. The van der Waals surface area contributed by atoms with Crippen LogP contribution in [0.5, 0.6) is 0 Å². The van der Waals surface area contributed by atoms with Crippen LogP contribution in [-0.2, 0) is 26.2 Å². The van der Waals surface area contributed by atoms with E-state index in [1.165, 1.54) is 18.0 Å². The van der Waals surface area contributed by atoms with Gasteiger partial charge in [-0.1, -0.05) is 61.0 Å². The van der Waals surface area contributed by atoms with E-state index < -0.39 is 28.5 Å². The number of likely N-dealkylation sites (N-methyl/N-ethyl adjacent to an activating group) is 2. The summed E-state index contributed by atoms with van der Waals surface area (Å²) in [5, 5.41) is 5.04. The van der Waals surface area contributed by atoms with Crippen LogP contribution in [0.25, 0.3) is 10.8 Å². The van der Waals surface area contributed by atoms with Crippen molar-refractivity contribution in [3.63, 3.8) is 0 Å². The predicted molar refractivity (Wildman–Crippen MR) is 139 cm³/mol. The molecule has 1 N–H and O–H groups in total. The van der Waals surface area contributed by atoms with E-state index >= 15 is 0 Å². The van der Waals surface area contributed by atoms with E-state index in [1.54, 1.807) is 43.3 Å². The number of amides is 2. The fourth-order valence-corrected chi connectivity index (χ4v) is 5.15. The molecule has 0 aliphatic rings. The Morgan fingerprint density at radius 2 is 1.63 bits per heavy atom. The Balaban J connectivity index is 1.87. The molecule has 9 heteroatoms. The Morgan fingerprint density at radius 3 is 2.26 bits per heavy atom.